The lowest BCUT2D eigenvalue weighted by Gasteiger charge is -2.49. The first-order chi connectivity index (χ1) is 12.6. The molecule has 0 bridgehead atoms. The number of carbonyl (C=O) groups is 1. The van der Waals surface area contributed by atoms with Crippen LogP contribution in [-0.4, -0.2) is 69.0 Å². The Morgan fingerprint density at radius 1 is 1.19 bits per heavy atom. The second-order valence-electron chi connectivity index (χ2n) is 7.88. The molecule has 7 nitrogen and oxygen atoms in total. The largest absolute Gasteiger partial charge is 0.387 e. The first kappa shape index (κ1) is 17.9. The fraction of sp³-hybridized carbons (Fsp3) is 0.789. The summed E-state index contributed by atoms with van der Waals surface area (Å²) in [5.41, 5.74) is 1.36. The molecule has 144 valence electrons. The summed E-state index contributed by atoms with van der Waals surface area (Å²) in [6.45, 7) is 6.86. The van der Waals surface area contributed by atoms with Crippen molar-refractivity contribution in [3.05, 3.63) is 17.5 Å². The Morgan fingerprint density at radius 3 is 2.62 bits per heavy atom. The summed E-state index contributed by atoms with van der Waals surface area (Å²) in [7, 11) is 0. The molecule has 3 aliphatic rings. The van der Waals surface area contributed by atoms with Gasteiger partial charge in [-0.1, -0.05) is 19.3 Å². The molecule has 1 atom stereocenters. The third-order valence-corrected chi connectivity index (χ3v) is 6.23. The van der Waals surface area contributed by atoms with Crippen LogP contribution in [0.5, 0.6) is 0 Å². The summed E-state index contributed by atoms with van der Waals surface area (Å²) in [5, 5.41) is 14.3. The van der Waals surface area contributed by atoms with Gasteiger partial charge in [0.25, 0.3) is 0 Å². The van der Waals surface area contributed by atoms with E-state index in [0.29, 0.717) is 25.3 Å². The molecule has 1 amide bonds. The van der Waals surface area contributed by atoms with Crippen LogP contribution in [0.1, 0.15) is 56.5 Å². The average Bonchev–Trinajstić information content (AvgIpc) is 3.12. The quantitative estimate of drug-likeness (QED) is 0.878. The van der Waals surface area contributed by atoms with E-state index in [1.54, 1.807) is 6.92 Å². The second kappa shape index (κ2) is 7.29. The number of fused-ring (bicyclic) bond motifs is 1. The molecule has 0 unspecified atom stereocenters. The van der Waals surface area contributed by atoms with Crippen molar-refractivity contribution in [2.45, 2.75) is 63.8 Å². The number of carbonyl (C=O) groups excluding carboxylic acids is 1. The predicted octanol–water partition coefficient (Wildman–Crippen LogP) is 1.31. The summed E-state index contributed by atoms with van der Waals surface area (Å²) in [6, 6.07) is 1.94. The Kier molecular flexibility index (Phi) is 5.03. The molecule has 2 aliphatic heterocycles. The zero-order chi connectivity index (χ0) is 18.1. The van der Waals surface area contributed by atoms with E-state index in [2.05, 4.69) is 10.00 Å². The van der Waals surface area contributed by atoms with Gasteiger partial charge in [-0.2, -0.15) is 5.10 Å². The summed E-state index contributed by atoms with van der Waals surface area (Å²) in [5.74, 6) is 0.283. The highest BCUT2D eigenvalue weighted by Crippen LogP contribution is 2.37. The van der Waals surface area contributed by atoms with Gasteiger partial charge >= 0.3 is 0 Å². The molecule has 0 spiro atoms. The number of hydrogen-bond donors (Lipinski definition) is 1. The highest BCUT2D eigenvalue weighted by molar-refractivity contribution is 5.86. The Bertz CT molecular complexity index is 645. The van der Waals surface area contributed by atoms with Crippen molar-refractivity contribution in [3.8, 4) is 0 Å². The van der Waals surface area contributed by atoms with Crippen molar-refractivity contribution in [1.82, 2.24) is 19.6 Å². The van der Waals surface area contributed by atoms with Gasteiger partial charge in [-0.15, -0.1) is 0 Å². The number of aliphatic hydroxyl groups excluding tert-OH is 1. The Morgan fingerprint density at radius 2 is 1.92 bits per heavy atom. The molecule has 3 heterocycles. The third-order valence-electron chi connectivity index (χ3n) is 6.23. The van der Waals surface area contributed by atoms with Crippen LogP contribution in [0.25, 0.3) is 0 Å². The zero-order valence-corrected chi connectivity index (χ0v) is 15.7. The van der Waals surface area contributed by atoms with Crippen LogP contribution in [0.15, 0.2) is 6.07 Å². The van der Waals surface area contributed by atoms with Crippen molar-refractivity contribution >= 4 is 5.91 Å². The number of ether oxygens (including phenoxy) is 1. The molecular weight excluding hydrogens is 332 g/mol. The summed E-state index contributed by atoms with van der Waals surface area (Å²) in [6.07, 6.45) is 4.82. The molecule has 4 rings (SSSR count). The van der Waals surface area contributed by atoms with E-state index in [1.165, 1.54) is 6.42 Å². The Hall–Kier alpha value is -1.44. The lowest BCUT2D eigenvalue weighted by atomic mass is 9.78. The number of aromatic nitrogens is 2. The smallest absolute Gasteiger partial charge is 0.243 e. The Labute approximate surface area is 154 Å². The SMILES string of the molecule is C[C@@H](O)c1cc2n(n1)CCN(C(=O)C1(N3CCOCC3)CCCCC1)C2. The lowest BCUT2D eigenvalue weighted by molar-refractivity contribution is -0.153. The van der Waals surface area contributed by atoms with Gasteiger partial charge in [0.1, 0.15) is 5.54 Å². The van der Waals surface area contributed by atoms with Crippen molar-refractivity contribution in [3.63, 3.8) is 0 Å². The minimum Gasteiger partial charge on any atom is -0.387 e. The van der Waals surface area contributed by atoms with E-state index in [1.807, 2.05) is 15.6 Å². The van der Waals surface area contributed by atoms with Crippen LogP contribution in [0.4, 0.5) is 0 Å². The van der Waals surface area contributed by atoms with Gasteiger partial charge in [0.15, 0.2) is 0 Å². The van der Waals surface area contributed by atoms with Crippen molar-refractivity contribution in [2.75, 3.05) is 32.8 Å². The number of rotatable bonds is 3. The van der Waals surface area contributed by atoms with E-state index in [4.69, 9.17) is 4.74 Å². The van der Waals surface area contributed by atoms with Crippen LogP contribution in [-0.2, 0) is 22.6 Å². The van der Waals surface area contributed by atoms with Crippen LogP contribution in [0, 0.1) is 0 Å². The first-order valence-electron chi connectivity index (χ1n) is 9.97. The second-order valence-corrected chi connectivity index (χ2v) is 7.88. The zero-order valence-electron chi connectivity index (χ0n) is 15.7. The number of nitrogens with zero attached hydrogens (tertiary/aromatic N) is 4. The third kappa shape index (κ3) is 3.17. The van der Waals surface area contributed by atoms with Crippen LogP contribution < -0.4 is 0 Å². The lowest BCUT2D eigenvalue weighted by Crippen LogP contribution is -2.63. The molecule has 1 N–H and O–H groups in total. The fourth-order valence-electron chi connectivity index (χ4n) is 4.75. The van der Waals surface area contributed by atoms with E-state index in [-0.39, 0.29) is 11.4 Å². The van der Waals surface area contributed by atoms with Gasteiger partial charge in [0, 0.05) is 19.6 Å². The van der Waals surface area contributed by atoms with Gasteiger partial charge in [-0.05, 0) is 25.8 Å². The number of morpholine rings is 1. The van der Waals surface area contributed by atoms with Gasteiger partial charge in [0.2, 0.25) is 5.91 Å². The minimum absolute atomic E-state index is 0.283. The van der Waals surface area contributed by atoms with E-state index >= 15 is 0 Å². The molecule has 26 heavy (non-hydrogen) atoms. The van der Waals surface area contributed by atoms with Crippen LogP contribution in [0.2, 0.25) is 0 Å². The standard InChI is InChI=1S/C19H30N4O3/c1-15(24)17-13-16-14-21(7-8-23(16)20-17)18(25)19(5-3-2-4-6-19)22-9-11-26-12-10-22/h13,15,24H,2-12,14H2,1H3/t15-/m1/s1. The summed E-state index contributed by atoms with van der Waals surface area (Å²) in [4.78, 5) is 18.1. The normalized spacial score (nSPS) is 24.9. The number of aliphatic hydroxyl groups is 1. The number of hydrogen-bond acceptors (Lipinski definition) is 5. The van der Waals surface area contributed by atoms with Crippen molar-refractivity contribution in [2.24, 2.45) is 0 Å². The molecular formula is C19H30N4O3. The molecule has 1 saturated carbocycles. The van der Waals surface area contributed by atoms with E-state index in [0.717, 1.165) is 57.7 Å². The van der Waals surface area contributed by atoms with Crippen molar-refractivity contribution < 1.29 is 14.6 Å². The van der Waals surface area contributed by atoms with Gasteiger partial charge in [-0.3, -0.25) is 14.4 Å². The van der Waals surface area contributed by atoms with E-state index in [9.17, 15) is 9.90 Å². The molecule has 1 aromatic heterocycles. The maximum atomic E-state index is 13.7. The molecule has 7 heteroatoms. The molecule has 1 saturated heterocycles. The van der Waals surface area contributed by atoms with E-state index < -0.39 is 6.10 Å². The average molecular weight is 362 g/mol. The molecule has 1 aliphatic carbocycles. The topological polar surface area (TPSA) is 70.8 Å². The summed E-state index contributed by atoms with van der Waals surface area (Å²) >= 11 is 0. The molecule has 0 aromatic carbocycles. The summed E-state index contributed by atoms with van der Waals surface area (Å²) < 4.78 is 7.47. The first-order valence-corrected chi connectivity index (χ1v) is 9.97. The minimum atomic E-state index is -0.574. The maximum Gasteiger partial charge on any atom is 0.243 e. The maximum absolute atomic E-state index is 13.7. The number of amides is 1. The monoisotopic (exact) mass is 362 g/mol. The van der Waals surface area contributed by atoms with Gasteiger partial charge in [0.05, 0.1) is 43.8 Å². The van der Waals surface area contributed by atoms with Crippen LogP contribution >= 0.6 is 0 Å². The highest BCUT2D eigenvalue weighted by Gasteiger charge is 2.47. The van der Waals surface area contributed by atoms with Crippen molar-refractivity contribution in [1.29, 1.82) is 0 Å². The highest BCUT2D eigenvalue weighted by atomic mass is 16.5. The van der Waals surface area contributed by atoms with Gasteiger partial charge < -0.3 is 14.7 Å². The molecule has 0 radical (unpaired) electrons. The molecule has 2 fully saturated rings. The van der Waals surface area contributed by atoms with Gasteiger partial charge in [-0.25, -0.2) is 0 Å². The molecule has 1 aromatic rings. The Balaban J connectivity index is 1.56. The predicted molar refractivity (Wildman–Crippen MR) is 96.5 cm³/mol. The fourth-order valence-corrected chi connectivity index (χ4v) is 4.75. The van der Waals surface area contributed by atoms with Crippen LogP contribution in [0.3, 0.4) is 0 Å².